The Morgan fingerprint density at radius 1 is 0.970 bits per heavy atom. The summed E-state index contributed by atoms with van der Waals surface area (Å²) in [5.74, 6) is -1.28. The second-order valence-corrected chi connectivity index (χ2v) is 7.96. The van der Waals surface area contributed by atoms with E-state index in [2.05, 4.69) is 5.32 Å². The number of fused-ring (bicyclic) bond motifs is 1. The van der Waals surface area contributed by atoms with Crippen LogP contribution in [-0.4, -0.2) is 16.3 Å². The van der Waals surface area contributed by atoms with Gasteiger partial charge in [-0.1, -0.05) is 30.7 Å². The van der Waals surface area contributed by atoms with Crippen LogP contribution >= 0.6 is 0 Å². The van der Waals surface area contributed by atoms with E-state index in [0.29, 0.717) is 16.6 Å². The summed E-state index contributed by atoms with van der Waals surface area (Å²) in [6, 6.07) is 17.9. The maximum Gasteiger partial charge on any atom is 0.244 e. The molecule has 0 aliphatic rings. The number of carbonyl (C=O) groups excluding carboxylic acids is 2. The smallest absolute Gasteiger partial charge is 0.244 e. The van der Waals surface area contributed by atoms with E-state index in [-0.39, 0.29) is 23.6 Å². The van der Waals surface area contributed by atoms with E-state index in [1.54, 1.807) is 16.7 Å². The molecule has 1 heterocycles. The Morgan fingerprint density at radius 3 is 2.33 bits per heavy atom. The predicted octanol–water partition coefficient (Wildman–Crippen LogP) is 4.88. The fourth-order valence-corrected chi connectivity index (χ4v) is 3.71. The maximum absolute atomic E-state index is 13.3. The highest BCUT2D eigenvalue weighted by molar-refractivity contribution is 6.10. The summed E-state index contributed by atoms with van der Waals surface area (Å²) in [6.45, 7) is 3.85. The third-order valence-electron chi connectivity index (χ3n) is 5.55. The lowest BCUT2D eigenvalue weighted by molar-refractivity contribution is -0.116. The zero-order valence-corrected chi connectivity index (χ0v) is 18.4. The van der Waals surface area contributed by atoms with Crippen molar-refractivity contribution in [2.24, 2.45) is 0 Å². The molecule has 0 unspecified atom stereocenters. The minimum Gasteiger partial charge on any atom is -0.337 e. The van der Waals surface area contributed by atoms with Crippen LogP contribution in [0.1, 0.15) is 34.0 Å². The SMILES string of the molecule is CCc1ccc2c(c1)c(=O)c(C(=O)c1ccc(F)cc1)cn2CC(=O)Nc1ccc(C)cc1. The number of rotatable bonds is 6. The number of benzene rings is 3. The van der Waals surface area contributed by atoms with Crippen molar-refractivity contribution >= 4 is 28.3 Å². The molecule has 0 aliphatic heterocycles. The molecule has 0 bridgehead atoms. The summed E-state index contributed by atoms with van der Waals surface area (Å²) in [5.41, 5.74) is 2.97. The van der Waals surface area contributed by atoms with Gasteiger partial charge < -0.3 is 9.88 Å². The fraction of sp³-hybridized carbons (Fsp3) is 0.148. The number of hydrogen-bond donors (Lipinski definition) is 1. The first-order valence-electron chi connectivity index (χ1n) is 10.7. The van der Waals surface area contributed by atoms with E-state index in [0.717, 1.165) is 17.5 Å². The Bertz CT molecular complexity index is 1400. The van der Waals surface area contributed by atoms with Gasteiger partial charge in [0.15, 0.2) is 5.78 Å². The molecule has 6 heteroatoms. The molecule has 1 aromatic heterocycles. The minimum atomic E-state index is -0.517. The summed E-state index contributed by atoms with van der Waals surface area (Å²) in [7, 11) is 0. The van der Waals surface area contributed by atoms with Gasteiger partial charge in [0.1, 0.15) is 12.4 Å². The highest BCUT2D eigenvalue weighted by atomic mass is 19.1. The highest BCUT2D eigenvalue weighted by Crippen LogP contribution is 2.18. The summed E-state index contributed by atoms with van der Waals surface area (Å²) in [4.78, 5) is 39.1. The highest BCUT2D eigenvalue weighted by Gasteiger charge is 2.18. The molecular weight excluding hydrogens is 419 g/mol. The molecule has 0 spiro atoms. The number of pyridine rings is 1. The first-order chi connectivity index (χ1) is 15.9. The third kappa shape index (κ3) is 4.75. The molecular formula is C27H23FN2O3. The Hall–Kier alpha value is -4.06. The molecule has 0 fully saturated rings. The monoisotopic (exact) mass is 442 g/mol. The van der Waals surface area contributed by atoms with Crippen molar-refractivity contribution in [3.05, 3.63) is 111 Å². The van der Waals surface area contributed by atoms with Gasteiger partial charge in [-0.25, -0.2) is 4.39 Å². The number of nitrogens with zero attached hydrogens (tertiary/aromatic N) is 1. The van der Waals surface area contributed by atoms with Gasteiger partial charge in [-0.3, -0.25) is 14.4 Å². The maximum atomic E-state index is 13.3. The second-order valence-electron chi connectivity index (χ2n) is 7.96. The van der Waals surface area contributed by atoms with Crippen molar-refractivity contribution in [1.82, 2.24) is 4.57 Å². The molecule has 0 radical (unpaired) electrons. The lowest BCUT2D eigenvalue weighted by atomic mass is 10.0. The van der Waals surface area contributed by atoms with Crippen LogP contribution in [0.4, 0.5) is 10.1 Å². The number of halogens is 1. The van der Waals surface area contributed by atoms with E-state index in [1.807, 2.05) is 44.2 Å². The van der Waals surface area contributed by atoms with E-state index in [9.17, 15) is 18.8 Å². The molecule has 3 aromatic carbocycles. The van der Waals surface area contributed by atoms with E-state index in [1.165, 1.54) is 30.5 Å². The number of ketones is 1. The van der Waals surface area contributed by atoms with Gasteiger partial charge in [0.2, 0.25) is 11.3 Å². The molecule has 1 amide bonds. The van der Waals surface area contributed by atoms with Crippen molar-refractivity contribution in [2.75, 3.05) is 5.32 Å². The van der Waals surface area contributed by atoms with Crippen LogP contribution in [0.2, 0.25) is 0 Å². The summed E-state index contributed by atoms with van der Waals surface area (Å²) >= 11 is 0. The molecule has 0 aliphatic carbocycles. The lowest BCUT2D eigenvalue weighted by Crippen LogP contribution is -2.24. The van der Waals surface area contributed by atoms with Crippen LogP contribution in [0.5, 0.6) is 0 Å². The Balaban J connectivity index is 1.77. The van der Waals surface area contributed by atoms with Crippen LogP contribution in [0.3, 0.4) is 0 Å². The molecule has 0 atom stereocenters. The molecule has 0 saturated carbocycles. The van der Waals surface area contributed by atoms with Crippen molar-refractivity contribution in [3.8, 4) is 0 Å². The largest absolute Gasteiger partial charge is 0.337 e. The van der Waals surface area contributed by atoms with E-state index < -0.39 is 17.0 Å². The zero-order chi connectivity index (χ0) is 23.5. The number of carbonyl (C=O) groups is 2. The molecule has 1 N–H and O–H groups in total. The molecule has 0 saturated heterocycles. The number of nitrogens with one attached hydrogen (secondary N) is 1. The van der Waals surface area contributed by atoms with Gasteiger partial charge in [0, 0.05) is 22.8 Å². The Labute approximate surface area is 190 Å². The van der Waals surface area contributed by atoms with E-state index in [4.69, 9.17) is 0 Å². The topological polar surface area (TPSA) is 68.2 Å². The van der Waals surface area contributed by atoms with Gasteiger partial charge in [0.25, 0.3) is 0 Å². The molecule has 5 nitrogen and oxygen atoms in total. The van der Waals surface area contributed by atoms with Crippen LogP contribution in [0.25, 0.3) is 10.9 Å². The van der Waals surface area contributed by atoms with Crippen molar-refractivity contribution in [3.63, 3.8) is 0 Å². The number of hydrogen-bond acceptors (Lipinski definition) is 3. The number of aromatic nitrogens is 1. The molecule has 33 heavy (non-hydrogen) atoms. The first kappa shape index (κ1) is 22.1. The second kappa shape index (κ2) is 9.20. The van der Waals surface area contributed by atoms with Gasteiger partial charge in [0.05, 0.1) is 11.1 Å². The van der Waals surface area contributed by atoms with Gasteiger partial charge in [-0.2, -0.15) is 0 Å². The summed E-state index contributed by atoms with van der Waals surface area (Å²) in [6.07, 6.45) is 2.14. The van der Waals surface area contributed by atoms with Crippen molar-refractivity contribution in [1.29, 1.82) is 0 Å². The average Bonchev–Trinajstić information content (AvgIpc) is 2.82. The van der Waals surface area contributed by atoms with E-state index >= 15 is 0 Å². The standard InChI is InChI=1S/C27H23FN2O3/c1-3-18-6-13-24-22(14-18)27(33)23(26(32)19-7-9-20(28)10-8-19)15-30(24)16-25(31)29-21-11-4-17(2)5-12-21/h4-15H,3,16H2,1-2H3,(H,29,31). The Kier molecular flexibility index (Phi) is 6.18. The predicted molar refractivity (Wildman–Crippen MR) is 127 cm³/mol. The van der Waals surface area contributed by atoms with Crippen LogP contribution < -0.4 is 10.7 Å². The number of aryl methyl sites for hydroxylation is 2. The summed E-state index contributed by atoms with van der Waals surface area (Å²) < 4.78 is 14.9. The fourth-order valence-electron chi connectivity index (χ4n) is 3.71. The van der Waals surface area contributed by atoms with Crippen molar-refractivity contribution in [2.45, 2.75) is 26.8 Å². The Morgan fingerprint density at radius 2 is 1.67 bits per heavy atom. The van der Waals surface area contributed by atoms with Crippen LogP contribution in [-0.2, 0) is 17.8 Å². The first-order valence-corrected chi connectivity index (χ1v) is 10.7. The third-order valence-corrected chi connectivity index (χ3v) is 5.55. The summed E-state index contributed by atoms with van der Waals surface area (Å²) in [5, 5.41) is 3.21. The quantitative estimate of drug-likeness (QED) is 0.433. The van der Waals surface area contributed by atoms with Crippen LogP contribution in [0.15, 0.2) is 77.7 Å². The molecule has 4 rings (SSSR count). The number of amides is 1. The zero-order valence-electron chi connectivity index (χ0n) is 18.4. The van der Waals surface area contributed by atoms with Gasteiger partial charge >= 0.3 is 0 Å². The minimum absolute atomic E-state index is 0.0644. The lowest BCUT2D eigenvalue weighted by Gasteiger charge is -2.14. The van der Waals surface area contributed by atoms with Gasteiger partial charge in [-0.15, -0.1) is 0 Å². The average molecular weight is 442 g/mol. The van der Waals surface area contributed by atoms with Crippen molar-refractivity contribution < 1.29 is 14.0 Å². The molecule has 166 valence electrons. The number of anilines is 1. The molecule has 4 aromatic rings. The van der Waals surface area contributed by atoms with Crippen LogP contribution in [0, 0.1) is 12.7 Å². The normalized spacial score (nSPS) is 10.9. The van der Waals surface area contributed by atoms with Gasteiger partial charge in [-0.05, 0) is 67.4 Å².